The number of nitrogens with one attached hydrogen (secondary N) is 1. The Morgan fingerprint density at radius 2 is 2.26 bits per heavy atom. The lowest BCUT2D eigenvalue weighted by Crippen LogP contribution is -2.54. The molecule has 0 amide bonds. The summed E-state index contributed by atoms with van der Waals surface area (Å²) in [6, 6.07) is 6.45. The molecule has 2 fully saturated rings. The minimum atomic E-state index is -0.0840. The van der Waals surface area contributed by atoms with Gasteiger partial charge in [0.15, 0.2) is 0 Å². The Bertz CT molecular complexity index is 488. The molecule has 0 aliphatic carbocycles. The van der Waals surface area contributed by atoms with E-state index in [4.69, 9.17) is 0 Å². The molecule has 2 nitrogen and oxygen atoms in total. The van der Waals surface area contributed by atoms with E-state index in [2.05, 4.69) is 10.2 Å². The Balaban J connectivity index is 1.66. The van der Waals surface area contributed by atoms with Gasteiger partial charge in [-0.2, -0.15) is 0 Å². The third-order valence-electron chi connectivity index (χ3n) is 5.25. The summed E-state index contributed by atoms with van der Waals surface area (Å²) in [7, 11) is 0. The minimum Gasteiger partial charge on any atom is -0.314 e. The van der Waals surface area contributed by atoms with Gasteiger partial charge in [0.1, 0.15) is 5.82 Å². The predicted molar refractivity (Wildman–Crippen MR) is 73.5 cm³/mol. The smallest absolute Gasteiger partial charge is 0.123 e. The Labute approximate surface area is 114 Å². The van der Waals surface area contributed by atoms with E-state index < -0.39 is 0 Å². The lowest BCUT2D eigenvalue weighted by atomic mass is 9.77. The minimum absolute atomic E-state index is 0.0840. The fourth-order valence-electron chi connectivity index (χ4n) is 4.27. The number of halogens is 1. The number of rotatable bonds is 0. The zero-order valence-electron chi connectivity index (χ0n) is 11.2. The van der Waals surface area contributed by atoms with Crippen molar-refractivity contribution in [2.45, 2.75) is 37.8 Å². The van der Waals surface area contributed by atoms with Crippen LogP contribution >= 0.6 is 0 Å². The number of piperidine rings is 2. The van der Waals surface area contributed by atoms with Crippen molar-refractivity contribution in [2.24, 2.45) is 5.92 Å². The van der Waals surface area contributed by atoms with Gasteiger partial charge in [0.25, 0.3) is 0 Å². The van der Waals surface area contributed by atoms with Crippen LogP contribution in [-0.4, -0.2) is 30.6 Å². The molecule has 3 aliphatic rings. The first-order chi connectivity index (χ1) is 9.31. The molecular weight excluding hydrogens is 239 g/mol. The highest BCUT2D eigenvalue weighted by molar-refractivity contribution is 5.34. The summed E-state index contributed by atoms with van der Waals surface area (Å²) in [4.78, 5) is 2.59. The summed E-state index contributed by atoms with van der Waals surface area (Å²) < 4.78 is 13.6. The number of hydrogen-bond acceptors (Lipinski definition) is 2. The van der Waals surface area contributed by atoms with Crippen LogP contribution in [0.3, 0.4) is 0 Å². The number of fused-ring (bicyclic) bond motifs is 4. The van der Waals surface area contributed by atoms with Crippen LogP contribution < -0.4 is 5.32 Å². The quantitative estimate of drug-likeness (QED) is 0.771. The van der Waals surface area contributed by atoms with Crippen molar-refractivity contribution in [1.82, 2.24) is 10.2 Å². The molecule has 102 valence electrons. The molecule has 3 aliphatic heterocycles. The monoisotopic (exact) mass is 260 g/mol. The van der Waals surface area contributed by atoms with Crippen molar-refractivity contribution in [1.29, 1.82) is 0 Å². The van der Waals surface area contributed by atoms with Crippen molar-refractivity contribution < 1.29 is 4.39 Å². The summed E-state index contributed by atoms with van der Waals surface area (Å²) in [6.07, 6.45) is 4.90. The van der Waals surface area contributed by atoms with Crippen LogP contribution in [-0.2, 0) is 6.42 Å². The molecule has 3 heteroatoms. The maximum Gasteiger partial charge on any atom is 0.123 e. The van der Waals surface area contributed by atoms with Crippen LogP contribution in [0.4, 0.5) is 4.39 Å². The van der Waals surface area contributed by atoms with Crippen molar-refractivity contribution in [3.63, 3.8) is 0 Å². The van der Waals surface area contributed by atoms with E-state index in [0.717, 1.165) is 31.8 Å². The predicted octanol–water partition coefficient (Wildman–Crippen LogP) is 2.50. The molecule has 1 aromatic rings. The highest BCUT2D eigenvalue weighted by Crippen LogP contribution is 2.40. The number of nitrogens with zero attached hydrogens (tertiary/aromatic N) is 1. The van der Waals surface area contributed by atoms with Gasteiger partial charge in [-0.25, -0.2) is 4.39 Å². The van der Waals surface area contributed by atoms with Crippen molar-refractivity contribution in [3.8, 4) is 0 Å². The van der Waals surface area contributed by atoms with E-state index in [1.54, 1.807) is 12.1 Å². The first kappa shape index (κ1) is 11.9. The Kier molecular flexibility index (Phi) is 2.85. The van der Waals surface area contributed by atoms with Gasteiger partial charge in [-0.15, -0.1) is 0 Å². The maximum atomic E-state index is 13.6. The van der Waals surface area contributed by atoms with Gasteiger partial charge in [-0.05, 0) is 61.4 Å². The molecule has 0 bridgehead atoms. The van der Waals surface area contributed by atoms with Crippen LogP contribution in [0.25, 0.3) is 0 Å². The summed E-state index contributed by atoms with van der Waals surface area (Å²) in [6.45, 7) is 3.49. The second kappa shape index (κ2) is 4.57. The highest BCUT2D eigenvalue weighted by Gasteiger charge is 2.39. The standard InChI is InChI=1S/C16H21FN2/c17-13-4-3-11-5-7-19-10-12-2-1-6-18-15(12)9-16(19)14(11)8-13/h3-4,8,12,15-16,18H,1-2,5-7,9-10H2/t12-,15+,16+/m0/s1. The molecule has 3 heterocycles. The summed E-state index contributed by atoms with van der Waals surface area (Å²) >= 11 is 0. The summed E-state index contributed by atoms with van der Waals surface area (Å²) in [5.74, 6) is 0.722. The van der Waals surface area contributed by atoms with Crippen molar-refractivity contribution in [2.75, 3.05) is 19.6 Å². The molecule has 2 saturated heterocycles. The summed E-state index contributed by atoms with van der Waals surface area (Å²) in [5.41, 5.74) is 2.61. The van der Waals surface area contributed by atoms with Gasteiger partial charge in [-0.3, -0.25) is 4.90 Å². The molecule has 1 N–H and O–H groups in total. The van der Waals surface area contributed by atoms with Crippen LogP contribution in [0.5, 0.6) is 0 Å². The van der Waals surface area contributed by atoms with Crippen LogP contribution in [0, 0.1) is 11.7 Å². The van der Waals surface area contributed by atoms with Crippen molar-refractivity contribution >= 4 is 0 Å². The number of hydrogen-bond donors (Lipinski definition) is 1. The molecule has 1 aromatic carbocycles. The van der Waals surface area contributed by atoms with E-state index in [1.165, 1.54) is 30.5 Å². The zero-order valence-corrected chi connectivity index (χ0v) is 11.2. The topological polar surface area (TPSA) is 15.3 Å². The van der Waals surface area contributed by atoms with Gasteiger partial charge < -0.3 is 5.32 Å². The van der Waals surface area contributed by atoms with E-state index >= 15 is 0 Å². The molecule has 0 aromatic heterocycles. The molecule has 0 unspecified atom stereocenters. The Morgan fingerprint density at radius 1 is 1.32 bits per heavy atom. The zero-order chi connectivity index (χ0) is 12.8. The van der Waals surface area contributed by atoms with Gasteiger partial charge in [0.05, 0.1) is 0 Å². The molecule has 0 radical (unpaired) electrons. The van der Waals surface area contributed by atoms with Crippen molar-refractivity contribution in [3.05, 3.63) is 35.1 Å². The van der Waals surface area contributed by atoms with Gasteiger partial charge in [0, 0.05) is 25.2 Å². The maximum absolute atomic E-state index is 13.6. The Morgan fingerprint density at radius 3 is 3.21 bits per heavy atom. The average molecular weight is 260 g/mol. The Hall–Kier alpha value is -0.930. The third kappa shape index (κ3) is 2.00. The fraction of sp³-hybridized carbons (Fsp3) is 0.625. The largest absolute Gasteiger partial charge is 0.314 e. The lowest BCUT2D eigenvalue weighted by Gasteiger charge is -2.49. The fourth-order valence-corrected chi connectivity index (χ4v) is 4.27. The normalized spacial score (nSPS) is 34.3. The van der Waals surface area contributed by atoms with Crippen LogP contribution in [0.1, 0.15) is 36.4 Å². The first-order valence-corrected chi connectivity index (χ1v) is 7.57. The van der Waals surface area contributed by atoms with E-state index in [-0.39, 0.29) is 5.82 Å². The molecule has 0 saturated carbocycles. The molecular formula is C16H21FN2. The van der Waals surface area contributed by atoms with Gasteiger partial charge >= 0.3 is 0 Å². The van der Waals surface area contributed by atoms with Crippen LogP contribution in [0.15, 0.2) is 18.2 Å². The molecule has 0 spiro atoms. The van der Waals surface area contributed by atoms with Gasteiger partial charge in [-0.1, -0.05) is 6.07 Å². The average Bonchev–Trinajstić information content (AvgIpc) is 2.45. The van der Waals surface area contributed by atoms with E-state index in [0.29, 0.717) is 12.1 Å². The van der Waals surface area contributed by atoms with Crippen LogP contribution in [0.2, 0.25) is 0 Å². The molecule has 4 rings (SSSR count). The number of benzene rings is 1. The second-order valence-electron chi connectivity index (χ2n) is 6.30. The van der Waals surface area contributed by atoms with Gasteiger partial charge in [0.2, 0.25) is 0 Å². The second-order valence-corrected chi connectivity index (χ2v) is 6.30. The molecule has 3 atom stereocenters. The molecule has 19 heavy (non-hydrogen) atoms. The lowest BCUT2D eigenvalue weighted by molar-refractivity contribution is 0.0550. The SMILES string of the molecule is Fc1ccc2c(c1)[C@H]1C[C@H]3NCCC[C@H]3CN1CC2. The van der Waals surface area contributed by atoms with E-state index in [1.807, 2.05) is 6.07 Å². The highest BCUT2D eigenvalue weighted by atomic mass is 19.1. The third-order valence-corrected chi connectivity index (χ3v) is 5.25. The summed E-state index contributed by atoms with van der Waals surface area (Å²) in [5, 5.41) is 3.68. The van der Waals surface area contributed by atoms with E-state index in [9.17, 15) is 4.39 Å². The first-order valence-electron chi connectivity index (χ1n) is 7.57.